The summed E-state index contributed by atoms with van der Waals surface area (Å²) in [6.45, 7) is 7.66. The summed E-state index contributed by atoms with van der Waals surface area (Å²) in [4.78, 5) is 12.9. The number of morpholine rings is 1. The molecular formula is C15H21NO3. The molecule has 0 bridgehead atoms. The van der Waals surface area contributed by atoms with Crippen molar-refractivity contribution in [1.82, 2.24) is 4.90 Å². The van der Waals surface area contributed by atoms with Crippen molar-refractivity contribution >= 4 is 6.29 Å². The Morgan fingerprint density at radius 2 is 1.89 bits per heavy atom. The van der Waals surface area contributed by atoms with E-state index in [2.05, 4.69) is 18.7 Å². The third-order valence-electron chi connectivity index (χ3n) is 3.19. The van der Waals surface area contributed by atoms with E-state index in [1.807, 2.05) is 12.1 Å². The molecule has 2 rings (SSSR count). The average Bonchev–Trinajstić information content (AvgIpc) is 2.38. The molecule has 0 spiro atoms. The molecule has 0 aromatic heterocycles. The van der Waals surface area contributed by atoms with Crippen molar-refractivity contribution in [1.29, 1.82) is 0 Å². The SMILES string of the molecule is CC1CN(CCOc2ccc(C=O)cc2)CC(C)O1. The number of nitrogens with zero attached hydrogens (tertiary/aromatic N) is 1. The Labute approximate surface area is 114 Å². The maximum absolute atomic E-state index is 10.5. The van der Waals surface area contributed by atoms with Gasteiger partial charge in [0, 0.05) is 25.2 Å². The second-order valence-corrected chi connectivity index (χ2v) is 5.05. The molecular weight excluding hydrogens is 242 g/mol. The van der Waals surface area contributed by atoms with Crippen molar-refractivity contribution in [3.05, 3.63) is 29.8 Å². The highest BCUT2D eigenvalue weighted by Crippen LogP contribution is 2.13. The van der Waals surface area contributed by atoms with Crippen LogP contribution in [0.5, 0.6) is 5.75 Å². The van der Waals surface area contributed by atoms with Gasteiger partial charge in [-0.05, 0) is 38.1 Å². The maximum Gasteiger partial charge on any atom is 0.150 e. The van der Waals surface area contributed by atoms with Crippen LogP contribution >= 0.6 is 0 Å². The van der Waals surface area contributed by atoms with E-state index in [9.17, 15) is 4.79 Å². The van der Waals surface area contributed by atoms with Crippen LogP contribution in [0.4, 0.5) is 0 Å². The van der Waals surface area contributed by atoms with Crippen molar-refractivity contribution in [2.24, 2.45) is 0 Å². The summed E-state index contributed by atoms with van der Waals surface area (Å²) in [6.07, 6.45) is 1.41. The summed E-state index contributed by atoms with van der Waals surface area (Å²) in [5, 5.41) is 0. The van der Waals surface area contributed by atoms with Gasteiger partial charge in [0.2, 0.25) is 0 Å². The minimum atomic E-state index is 0.288. The number of ether oxygens (including phenoxy) is 2. The molecule has 1 saturated heterocycles. The van der Waals surface area contributed by atoms with Crippen LogP contribution in [0, 0.1) is 0 Å². The molecule has 1 heterocycles. The average molecular weight is 263 g/mol. The number of benzene rings is 1. The van der Waals surface area contributed by atoms with E-state index in [1.54, 1.807) is 12.1 Å². The molecule has 0 N–H and O–H groups in total. The number of carbonyl (C=O) groups excluding carboxylic acids is 1. The van der Waals surface area contributed by atoms with Crippen LogP contribution in [0.25, 0.3) is 0 Å². The summed E-state index contributed by atoms with van der Waals surface area (Å²) < 4.78 is 11.4. The van der Waals surface area contributed by atoms with Crippen LogP contribution in [-0.4, -0.2) is 49.6 Å². The lowest BCUT2D eigenvalue weighted by atomic mass is 10.2. The molecule has 0 radical (unpaired) electrons. The third-order valence-corrected chi connectivity index (χ3v) is 3.19. The van der Waals surface area contributed by atoms with E-state index in [-0.39, 0.29) is 12.2 Å². The van der Waals surface area contributed by atoms with Crippen LogP contribution in [0.3, 0.4) is 0 Å². The van der Waals surface area contributed by atoms with Crippen LogP contribution < -0.4 is 4.74 Å². The van der Waals surface area contributed by atoms with Gasteiger partial charge in [0.15, 0.2) is 0 Å². The Morgan fingerprint density at radius 3 is 2.47 bits per heavy atom. The van der Waals surface area contributed by atoms with Crippen molar-refractivity contribution in [2.45, 2.75) is 26.1 Å². The smallest absolute Gasteiger partial charge is 0.150 e. The van der Waals surface area contributed by atoms with Gasteiger partial charge in [-0.25, -0.2) is 0 Å². The summed E-state index contributed by atoms with van der Waals surface area (Å²) in [7, 11) is 0. The van der Waals surface area contributed by atoms with Gasteiger partial charge in [-0.15, -0.1) is 0 Å². The van der Waals surface area contributed by atoms with Crippen molar-refractivity contribution < 1.29 is 14.3 Å². The van der Waals surface area contributed by atoms with Gasteiger partial charge in [0.25, 0.3) is 0 Å². The third kappa shape index (κ3) is 4.33. The molecule has 1 aromatic rings. The summed E-state index contributed by atoms with van der Waals surface area (Å²) >= 11 is 0. The zero-order valence-corrected chi connectivity index (χ0v) is 11.5. The highest BCUT2D eigenvalue weighted by Gasteiger charge is 2.21. The maximum atomic E-state index is 10.5. The lowest BCUT2D eigenvalue weighted by Gasteiger charge is -2.35. The second-order valence-electron chi connectivity index (χ2n) is 5.05. The monoisotopic (exact) mass is 263 g/mol. The predicted octanol–water partition coefficient (Wildman–Crippen LogP) is 1.99. The lowest BCUT2D eigenvalue weighted by molar-refractivity contribution is -0.0699. The van der Waals surface area contributed by atoms with Crippen molar-refractivity contribution in [3.8, 4) is 5.75 Å². The van der Waals surface area contributed by atoms with E-state index in [1.165, 1.54) is 0 Å². The zero-order chi connectivity index (χ0) is 13.7. The molecule has 0 aliphatic carbocycles. The Balaban J connectivity index is 1.74. The number of hydrogen-bond donors (Lipinski definition) is 0. The number of hydrogen-bond acceptors (Lipinski definition) is 4. The van der Waals surface area contributed by atoms with Gasteiger partial charge in [-0.2, -0.15) is 0 Å². The number of carbonyl (C=O) groups is 1. The Morgan fingerprint density at radius 1 is 1.26 bits per heavy atom. The molecule has 1 aromatic carbocycles. The van der Waals surface area contributed by atoms with Crippen LogP contribution in [0.1, 0.15) is 24.2 Å². The first-order valence-electron chi connectivity index (χ1n) is 6.73. The minimum Gasteiger partial charge on any atom is -0.492 e. The van der Waals surface area contributed by atoms with Gasteiger partial charge < -0.3 is 9.47 Å². The molecule has 1 aliphatic rings. The molecule has 0 saturated carbocycles. The fourth-order valence-electron chi connectivity index (χ4n) is 2.40. The molecule has 2 unspecified atom stereocenters. The molecule has 1 fully saturated rings. The molecule has 4 nitrogen and oxygen atoms in total. The highest BCUT2D eigenvalue weighted by molar-refractivity contribution is 5.74. The first-order valence-corrected chi connectivity index (χ1v) is 6.73. The van der Waals surface area contributed by atoms with E-state index in [0.717, 1.165) is 31.7 Å². The second kappa shape index (κ2) is 6.68. The number of aldehydes is 1. The fraction of sp³-hybridized carbons (Fsp3) is 0.533. The Bertz CT molecular complexity index is 394. The normalized spacial score (nSPS) is 24.1. The first-order chi connectivity index (χ1) is 9.17. The topological polar surface area (TPSA) is 38.8 Å². The van der Waals surface area contributed by atoms with Crippen LogP contribution in [0.2, 0.25) is 0 Å². The minimum absolute atomic E-state index is 0.288. The summed E-state index contributed by atoms with van der Waals surface area (Å²) in [6, 6.07) is 7.19. The van der Waals surface area contributed by atoms with Gasteiger partial charge in [-0.3, -0.25) is 9.69 Å². The summed E-state index contributed by atoms with van der Waals surface area (Å²) in [5.74, 6) is 0.806. The van der Waals surface area contributed by atoms with Gasteiger partial charge in [-0.1, -0.05) is 0 Å². The first kappa shape index (κ1) is 14.0. The molecule has 104 valence electrons. The Kier molecular flexibility index (Phi) is 4.93. The van der Waals surface area contributed by atoms with Crippen LogP contribution in [0.15, 0.2) is 24.3 Å². The fourth-order valence-corrected chi connectivity index (χ4v) is 2.40. The zero-order valence-electron chi connectivity index (χ0n) is 11.5. The van der Waals surface area contributed by atoms with Crippen molar-refractivity contribution in [3.63, 3.8) is 0 Å². The molecule has 1 aliphatic heterocycles. The molecule has 4 heteroatoms. The van der Waals surface area contributed by atoms with E-state index in [4.69, 9.17) is 9.47 Å². The van der Waals surface area contributed by atoms with Crippen LogP contribution in [-0.2, 0) is 4.74 Å². The molecule has 2 atom stereocenters. The predicted molar refractivity (Wildman–Crippen MR) is 73.8 cm³/mol. The highest BCUT2D eigenvalue weighted by atomic mass is 16.5. The molecule has 19 heavy (non-hydrogen) atoms. The van der Waals surface area contributed by atoms with Gasteiger partial charge >= 0.3 is 0 Å². The standard InChI is InChI=1S/C15H21NO3/c1-12-9-16(10-13(2)19-12)7-8-18-15-5-3-14(11-17)4-6-15/h3-6,11-13H,7-10H2,1-2H3. The lowest BCUT2D eigenvalue weighted by Crippen LogP contribution is -2.46. The quantitative estimate of drug-likeness (QED) is 0.762. The number of rotatable bonds is 5. The molecule has 0 amide bonds. The van der Waals surface area contributed by atoms with E-state index in [0.29, 0.717) is 12.2 Å². The largest absolute Gasteiger partial charge is 0.492 e. The van der Waals surface area contributed by atoms with Gasteiger partial charge in [0.05, 0.1) is 12.2 Å². The van der Waals surface area contributed by atoms with Crippen molar-refractivity contribution in [2.75, 3.05) is 26.2 Å². The summed E-state index contributed by atoms with van der Waals surface area (Å²) in [5.41, 5.74) is 0.670. The van der Waals surface area contributed by atoms with Gasteiger partial charge in [0.1, 0.15) is 18.6 Å². The Hall–Kier alpha value is -1.39. The van der Waals surface area contributed by atoms with E-state index >= 15 is 0 Å². The van der Waals surface area contributed by atoms with E-state index < -0.39 is 0 Å².